The molecular formula is C17H24N2O. The average molecular weight is 272 g/mol. The van der Waals surface area contributed by atoms with Crippen LogP contribution in [0.2, 0.25) is 0 Å². The minimum atomic E-state index is 0.149. The maximum Gasteiger partial charge on any atom is 0.254 e. The Morgan fingerprint density at radius 1 is 1.30 bits per heavy atom. The maximum absolute atomic E-state index is 12.7. The summed E-state index contributed by atoms with van der Waals surface area (Å²) in [5.41, 5.74) is 1.86. The summed E-state index contributed by atoms with van der Waals surface area (Å²) >= 11 is 0. The van der Waals surface area contributed by atoms with Crippen LogP contribution in [0.3, 0.4) is 0 Å². The Morgan fingerprint density at radius 2 is 2.10 bits per heavy atom. The number of rotatable bonds is 6. The monoisotopic (exact) mass is 272 g/mol. The SMILES string of the molecule is CCCCN(C(=O)c1ccc2[nH]ccc2c1)C(C)CC. The maximum atomic E-state index is 12.7. The molecule has 2 rings (SSSR count). The van der Waals surface area contributed by atoms with Crippen molar-refractivity contribution in [3.63, 3.8) is 0 Å². The van der Waals surface area contributed by atoms with Crippen LogP contribution in [0.1, 0.15) is 50.4 Å². The molecule has 1 atom stereocenters. The van der Waals surface area contributed by atoms with Gasteiger partial charge in [0.15, 0.2) is 0 Å². The first-order chi connectivity index (χ1) is 9.67. The lowest BCUT2D eigenvalue weighted by Crippen LogP contribution is -2.39. The summed E-state index contributed by atoms with van der Waals surface area (Å²) in [4.78, 5) is 17.9. The average Bonchev–Trinajstić information content (AvgIpc) is 2.94. The van der Waals surface area contributed by atoms with Crippen molar-refractivity contribution in [1.82, 2.24) is 9.88 Å². The molecule has 3 heteroatoms. The van der Waals surface area contributed by atoms with Crippen molar-refractivity contribution in [3.05, 3.63) is 36.0 Å². The van der Waals surface area contributed by atoms with E-state index in [1.165, 1.54) is 0 Å². The summed E-state index contributed by atoms with van der Waals surface area (Å²) in [7, 11) is 0. The van der Waals surface area contributed by atoms with Gasteiger partial charge in [-0.25, -0.2) is 0 Å². The lowest BCUT2D eigenvalue weighted by atomic mass is 10.1. The quantitative estimate of drug-likeness (QED) is 0.840. The molecule has 0 spiro atoms. The number of benzene rings is 1. The van der Waals surface area contributed by atoms with Gasteiger partial charge in [-0.05, 0) is 44.0 Å². The number of carbonyl (C=O) groups excluding carboxylic acids is 1. The van der Waals surface area contributed by atoms with Gasteiger partial charge in [-0.1, -0.05) is 20.3 Å². The zero-order valence-electron chi connectivity index (χ0n) is 12.6. The minimum absolute atomic E-state index is 0.149. The lowest BCUT2D eigenvalue weighted by Gasteiger charge is -2.28. The Morgan fingerprint density at radius 3 is 2.80 bits per heavy atom. The van der Waals surface area contributed by atoms with Crippen LogP contribution in [0.15, 0.2) is 30.5 Å². The Labute approximate surface area is 121 Å². The topological polar surface area (TPSA) is 36.1 Å². The summed E-state index contributed by atoms with van der Waals surface area (Å²) in [5, 5.41) is 1.09. The van der Waals surface area contributed by atoms with E-state index in [0.717, 1.165) is 42.3 Å². The summed E-state index contributed by atoms with van der Waals surface area (Å²) < 4.78 is 0. The number of aromatic amines is 1. The molecule has 3 nitrogen and oxygen atoms in total. The number of hydrogen-bond acceptors (Lipinski definition) is 1. The number of carbonyl (C=O) groups is 1. The predicted molar refractivity (Wildman–Crippen MR) is 84.0 cm³/mol. The fourth-order valence-electron chi connectivity index (χ4n) is 2.42. The Bertz CT molecular complexity index is 573. The summed E-state index contributed by atoms with van der Waals surface area (Å²) in [6.07, 6.45) is 5.06. The number of aromatic nitrogens is 1. The van der Waals surface area contributed by atoms with Crippen molar-refractivity contribution in [1.29, 1.82) is 0 Å². The first-order valence-electron chi connectivity index (χ1n) is 7.55. The molecule has 0 saturated heterocycles. The van der Waals surface area contributed by atoms with Gasteiger partial charge in [0, 0.05) is 35.2 Å². The molecule has 0 aliphatic carbocycles. The first kappa shape index (κ1) is 14.6. The largest absolute Gasteiger partial charge is 0.361 e. The van der Waals surface area contributed by atoms with E-state index in [-0.39, 0.29) is 11.9 Å². The third-order valence-electron chi connectivity index (χ3n) is 3.94. The van der Waals surface area contributed by atoms with Gasteiger partial charge >= 0.3 is 0 Å². The Hall–Kier alpha value is -1.77. The second-order valence-electron chi connectivity index (χ2n) is 5.39. The molecular weight excluding hydrogens is 248 g/mol. The predicted octanol–water partition coefficient (Wildman–Crippen LogP) is 4.21. The van der Waals surface area contributed by atoms with Gasteiger partial charge in [-0.3, -0.25) is 4.79 Å². The molecule has 1 aromatic heterocycles. The van der Waals surface area contributed by atoms with Crippen LogP contribution in [0.4, 0.5) is 0 Å². The van der Waals surface area contributed by atoms with Crippen LogP contribution in [0.5, 0.6) is 0 Å². The Kier molecular flexibility index (Phi) is 4.83. The highest BCUT2D eigenvalue weighted by Crippen LogP contribution is 2.18. The molecule has 108 valence electrons. The third kappa shape index (κ3) is 3.03. The van der Waals surface area contributed by atoms with E-state index in [9.17, 15) is 4.79 Å². The minimum Gasteiger partial charge on any atom is -0.361 e. The van der Waals surface area contributed by atoms with E-state index in [0.29, 0.717) is 0 Å². The van der Waals surface area contributed by atoms with Crippen LogP contribution >= 0.6 is 0 Å². The van der Waals surface area contributed by atoms with E-state index >= 15 is 0 Å². The molecule has 2 aromatic rings. The fraction of sp³-hybridized carbons (Fsp3) is 0.471. The molecule has 0 radical (unpaired) electrons. The number of nitrogens with zero attached hydrogens (tertiary/aromatic N) is 1. The van der Waals surface area contributed by atoms with E-state index in [1.54, 1.807) is 0 Å². The molecule has 1 N–H and O–H groups in total. The van der Waals surface area contributed by atoms with Crippen LogP contribution in [0.25, 0.3) is 10.9 Å². The van der Waals surface area contributed by atoms with Crippen molar-refractivity contribution in [3.8, 4) is 0 Å². The van der Waals surface area contributed by atoms with E-state index in [4.69, 9.17) is 0 Å². The molecule has 0 fully saturated rings. The zero-order valence-corrected chi connectivity index (χ0v) is 12.6. The summed E-state index contributed by atoms with van der Waals surface area (Å²) in [6, 6.07) is 8.18. The molecule has 0 bridgehead atoms. The first-order valence-corrected chi connectivity index (χ1v) is 7.55. The molecule has 0 aliphatic heterocycles. The summed E-state index contributed by atoms with van der Waals surface area (Å²) in [5.74, 6) is 0.149. The Balaban J connectivity index is 2.24. The van der Waals surface area contributed by atoms with Crippen molar-refractivity contribution in [2.75, 3.05) is 6.54 Å². The highest BCUT2D eigenvalue weighted by atomic mass is 16.2. The third-order valence-corrected chi connectivity index (χ3v) is 3.94. The van der Waals surface area contributed by atoms with Crippen molar-refractivity contribution in [2.45, 2.75) is 46.1 Å². The number of unbranched alkanes of at least 4 members (excludes halogenated alkanes) is 1. The molecule has 1 unspecified atom stereocenters. The highest BCUT2D eigenvalue weighted by Gasteiger charge is 2.20. The van der Waals surface area contributed by atoms with Gasteiger partial charge in [-0.2, -0.15) is 0 Å². The van der Waals surface area contributed by atoms with Crippen LogP contribution in [-0.2, 0) is 0 Å². The van der Waals surface area contributed by atoms with Gasteiger partial charge < -0.3 is 9.88 Å². The standard InChI is InChI=1S/C17H24N2O/c1-4-6-11-19(13(3)5-2)17(20)15-7-8-16-14(12-15)9-10-18-16/h7-10,12-13,18H,4-6,11H2,1-3H3. The second-order valence-corrected chi connectivity index (χ2v) is 5.39. The van der Waals surface area contributed by atoms with Gasteiger partial charge in [-0.15, -0.1) is 0 Å². The molecule has 0 saturated carbocycles. The lowest BCUT2D eigenvalue weighted by molar-refractivity contribution is 0.0685. The van der Waals surface area contributed by atoms with Crippen LogP contribution < -0.4 is 0 Å². The number of amides is 1. The smallest absolute Gasteiger partial charge is 0.254 e. The molecule has 0 aliphatic rings. The van der Waals surface area contributed by atoms with Crippen molar-refractivity contribution < 1.29 is 4.79 Å². The number of nitrogens with one attached hydrogen (secondary N) is 1. The van der Waals surface area contributed by atoms with Gasteiger partial charge in [0.25, 0.3) is 5.91 Å². The normalized spacial score (nSPS) is 12.6. The molecule has 1 aromatic carbocycles. The van der Waals surface area contributed by atoms with Gasteiger partial charge in [0.2, 0.25) is 0 Å². The zero-order chi connectivity index (χ0) is 14.5. The van der Waals surface area contributed by atoms with Crippen LogP contribution in [0, 0.1) is 0 Å². The number of fused-ring (bicyclic) bond motifs is 1. The second kappa shape index (κ2) is 6.60. The highest BCUT2D eigenvalue weighted by molar-refractivity contribution is 5.98. The van der Waals surface area contributed by atoms with Gasteiger partial charge in [0.05, 0.1) is 0 Å². The molecule has 1 amide bonds. The van der Waals surface area contributed by atoms with Gasteiger partial charge in [0.1, 0.15) is 0 Å². The summed E-state index contributed by atoms with van der Waals surface area (Å²) in [6.45, 7) is 7.26. The molecule has 1 heterocycles. The number of hydrogen-bond donors (Lipinski definition) is 1. The number of H-pyrrole nitrogens is 1. The van der Waals surface area contributed by atoms with E-state index in [1.807, 2.05) is 35.4 Å². The van der Waals surface area contributed by atoms with E-state index < -0.39 is 0 Å². The van der Waals surface area contributed by atoms with Crippen LogP contribution in [-0.4, -0.2) is 28.4 Å². The fourth-order valence-corrected chi connectivity index (χ4v) is 2.42. The van der Waals surface area contributed by atoms with Crippen molar-refractivity contribution >= 4 is 16.8 Å². The van der Waals surface area contributed by atoms with Crippen molar-refractivity contribution in [2.24, 2.45) is 0 Å². The van der Waals surface area contributed by atoms with E-state index in [2.05, 4.69) is 25.8 Å². The molecule has 20 heavy (non-hydrogen) atoms.